The molecule has 0 aliphatic heterocycles. The molecule has 2 aromatic heterocycles. The summed E-state index contributed by atoms with van der Waals surface area (Å²) >= 11 is 0. The molecule has 2 unspecified atom stereocenters. The molecule has 2 aliphatic rings. The van der Waals surface area contributed by atoms with Crippen LogP contribution >= 0.6 is 0 Å². The van der Waals surface area contributed by atoms with Gasteiger partial charge in [0, 0.05) is 22.2 Å². The summed E-state index contributed by atoms with van der Waals surface area (Å²) in [5.41, 5.74) is 22.0. The summed E-state index contributed by atoms with van der Waals surface area (Å²) in [6.07, 6.45) is 4.98. The molecule has 2 nitrogen and oxygen atoms in total. The van der Waals surface area contributed by atoms with Gasteiger partial charge in [-0.05, 0) is 167 Å². The summed E-state index contributed by atoms with van der Waals surface area (Å²) in [6.45, 7) is 32.3. The minimum absolute atomic E-state index is 0.0923. The van der Waals surface area contributed by atoms with Crippen LogP contribution < -0.4 is 0 Å². The van der Waals surface area contributed by atoms with Gasteiger partial charge in [-0.2, -0.15) is 0 Å². The van der Waals surface area contributed by atoms with E-state index < -0.39 is 8.07 Å². The first-order valence-corrected chi connectivity index (χ1v) is 24.0. The van der Waals surface area contributed by atoms with Crippen LogP contribution in [0.5, 0.6) is 0 Å². The molecule has 292 valence electrons. The highest BCUT2D eigenvalue weighted by Crippen LogP contribution is 2.59. The van der Waals surface area contributed by atoms with Gasteiger partial charge in [-0.3, -0.25) is 0 Å². The summed E-state index contributed by atoms with van der Waals surface area (Å²) in [6, 6.07) is 32.3. The second kappa shape index (κ2) is 13.6. The molecule has 0 saturated carbocycles. The van der Waals surface area contributed by atoms with E-state index >= 15 is 0 Å². The van der Waals surface area contributed by atoms with E-state index in [1.54, 1.807) is 0 Å². The van der Waals surface area contributed by atoms with Gasteiger partial charge in [0.15, 0.2) is 0 Å². The van der Waals surface area contributed by atoms with Crippen LogP contribution in [0.25, 0.3) is 45.6 Å². The third-order valence-electron chi connectivity index (χ3n) is 13.3. The lowest BCUT2D eigenvalue weighted by atomic mass is 9.84. The molecule has 57 heavy (non-hydrogen) atoms. The Balaban J connectivity index is 1.37. The highest BCUT2D eigenvalue weighted by Gasteiger charge is 2.51. The topological polar surface area (TPSA) is 26.3 Å². The van der Waals surface area contributed by atoms with E-state index in [4.69, 9.17) is 8.83 Å². The van der Waals surface area contributed by atoms with Crippen LogP contribution in [0, 0.1) is 41.5 Å². The van der Waals surface area contributed by atoms with E-state index in [0.29, 0.717) is 0 Å². The lowest BCUT2D eigenvalue weighted by Gasteiger charge is -2.40. The van der Waals surface area contributed by atoms with Crippen LogP contribution in [0.4, 0.5) is 0 Å². The van der Waals surface area contributed by atoms with Crippen molar-refractivity contribution in [3.63, 3.8) is 0 Å². The summed E-state index contributed by atoms with van der Waals surface area (Å²) < 4.78 is 13.2. The maximum Gasteiger partial charge on any atom is 0.130 e. The molecule has 2 atom stereocenters. The second-order valence-electron chi connectivity index (χ2n) is 19.8. The molecule has 0 radical (unpaired) electrons. The Bertz CT molecular complexity index is 2420. The second-order valence-corrected chi connectivity index (χ2v) is 24.6. The van der Waals surface area contributed by atoms with Crippen LogP contribution in [0.3, 0.4) is 0 Å². The molecule has 0 amide bonds. The quantitative estimate of drug-likeness (QED) is 0.158. The summed E-state index contributed by atoms with van der Waals surface area (Å²) in [5, 5.41) is 0. The number of fused-ring (bicyclic) bond motifs is 2. The average Bonchev–Trinajstić information content (AvgIpc) is 3.94. The molecule has 0 bridgehead atoms. The van der Waals surface area contributed by atoms with Gasteiger partial charge in [0.2, 0.25) is 0 Å². The lowest BCUT2D eigenvalue weighted by Crippen LogP contribution is -2.42. The molecule has 2 aliphatic carbocycles. The molecule has 2 heterocycles. The van der Waals surface area contributed by atoms with Crippen LogP contribution in [-0.4, -0.2) is 8.07 Å². The Morgan fingerprint density at radius 1 is 0.474 bits per heavy atom. The fraction of sp³-hybridized carbons (Fsp3) is 0.333. The molecular weight excluding hydrogens is 709 g/mol. The fourth-order valence-corrected chi connectivity index (χ4v) is 14.4. The van der Waals surface area contributed by atoms with E-state index in [1.165, 1.54) is 89.0 Å². The molecular formula is C54H60O2Si. The normalized spacial score (nSPS) is 16.8. The molecule has 0 N–H and O–H groups in total. The Morgan fingerprint density at radius 2 is 0.825 bits per heavy atom. The van der Waals surface area contributed by atoms with Crippen LogP contribution in [0.15, 0.2) is 93.8 Å². The number of allylic oxidation sites excluding steroid dienone is 2. The Hall–Kier alpha value is -4.86. The summed E-state index contributed by atoms with van der Waals surface area (Å²) in [4.78, 5) is 0. The first-order valence-electron chi connectivity index (χ1n) is 20.8. The third-order valence-corrected chi connectivity index (χ3v) is 17.5. The molecule has 8 rings (SSSR count). The zero-order valence-corrected chi connectivity index (χ0v) is 37.7. The predicted octanol–water partition coefficient (Wildman–Crippen LogP) is 15.4. The van der Waals surface area contributed by atoms with Crippen LogP contribution in [0.2, 0.25) is 13.1 Å². The molecule has 6 aromatic rings. The molecule has 3 heteroatoms. The van der Waals surface area contributed by atoms with Crippen molar-refractivity contribution >= 4 is 31.4 Å². The van der Waals surface area contributed by atoms with Gasteiger partial charge >= 0.3 is 0 Å². The number of benzene rings is 4. The maximum atomic E-state index is 6.60. The van der Waals surface area contributed by atoms with Crippen molar-refractivity contribution < 1.29 is 8.83 Å². The lowest BCUT2D eigenvalue weighted by molar-refractivity contribution is 0.519. The number of hydrogen-bond donors (Lipinski definition) is 0. The zero-order chi connectivity index (χ0) is 40.9. The van der Waals surface area contributed by atoms with Crippen molar-refractivity contribution in [3.05, 3.63) is 164 Å². The zero-order valence-electron chi connectivity index (χ0n) is 36.7. The maximum absolute atomic E-state index is 6.60. The largest absolute Gasteiger partial charge is 0.462 e. The van der Waals surface area contributed by atoms with Gasteiger partial charge in [-0.25, -0.2) is 0 Å². The van der Waals surface area contributed by atoms with Gasteiger partial charge in [0.1, 0.15) is 23.0 Å². The SMILES string of the molecule is Cc1ccc(C2=Cc3c(cc(C)c(C)c3-c3ccc(C(C)(C)C)cc3)C2[Si](C)(C)C2C(c3ccc(C)o3)=Cc3c2cc(C)c(C)c3-c2ccc(C(C)(C)C)cc2)o1. The Morgan fingerprint density at radius 3 is 1.12 bits per heavy atom. The van der Waals surface area contributed by atoms with E-state index in [-0.39, 0.29) is 21.9 Å². The number of hydrogen-bond acceptors (Lipinski definition) is 2. The standard InChI is InChI=1S/C54H60O2Si/c1-31-27-43-41(49(35(31)5)37-17-21-39(22-18-37)53(7,8)9)29-45(47-25-15-33(3)55-47)51(43)57(13,14)52-44-28-32(2)36(6)50(38-19-23-40(24-20-38)54(10,11)12)42(44)30-46(52)48-26-16-34(4)56-48/h15-30,51-52H,1-14H3. The summed E-state index contributed by atoms with van der Waals surface area (Å²) in [7, 11) is -2.47. The van der Waals surface area contributed by atoms with Crippen molar-refractivity contribution in [2.24, 2.45) is 0 Å². The van der Waals surface area contributed by atoms with Crippen molar-refractivity contribution in [2.45, 2.75) is 118 Å². The minimum atomic E-state index is -2.47. The van der Waals surface area contributed by atoms with Gasteiger partial charge in [0.05, 0.1) is 8.07 Å². The van der Waals surface area contributed by atoms with Crippen molar-refractivity contribution in [3.8, 4) is 22.3 Å². The summed E-state index contributed by atoms with van der Waals surface area (Å²) in [5.74, 6) is 3.85. The monoisotopic (exact) mass is 768 g/mol. The minimum Gasteiger partial charge on any atom is -0.462 e. The predicted molar refractivity (Wildman–Crippen MR) is 246 cm³/mol. The fourth-order valence-electron chi connectivity index (χ4n) is 9.92. The highest BCUT2D eigenvalue weighted by molar-refractivity contribution is 6.84. The van der Waals surface area contributed by atoms with Crippen molar-refractivity contribution in [1.82, 2.24) is 0 Å². The van der Waals surface area contributed by atoms with E-state index in [9.17, 15) is 0 Å². The van der Waals surface area contributed by atoms with Crippen molar-refractivity contribution in [1.29, 1.82) is 0 Å². The van der Waals surface area contributed by atoms with E-state index in [0.717, 1.165) is 23.0 Å². The third kappa shape index (κ3) is 6.57. The number of aryl methyl sites for hydroxylation is 4. The smallest absolute Gasteiger partial charge is 0.130 e. The van der Waals surface area contributed by atoms with Crippen LogP contribution in [-0.2, 0) is 10.8 Å². The van der Waals surface area contributed by atoms with Gasteiger partial charge < -0.3 is 8.83 Å². The Kier molecular flexibility index (Phi) is 9.32. The Labute approximate surface area is 342 Å². The molecule has 4 aromatic carbocycles. The van der Waals surface area contributed by atoms with Gasteiger partial charge in [-0.1, -0.05) is 115 Å². The average molecular weight is 769 g/mol. The van der Waals surface area contributed by atoms with Crippen molar-refractivity contribution in [2.75, 3.05) is 0 Å². The first-order chi connectivity index (χ1) is 26.8. The van der Waals surface area contributed by atoms with Gasteiger partial charge in [0.25, 0.3) is 0 Å². The number of rotatable bonds is 6. The van der Waals surface area contributed by atoms with E-state index in [1.807, 2.05) is 0 Å². The molecule has 0 fully saturated rings. The van der Waals surface area contributed by atoms with Gasteiger partial charge in [-0.15, -0.1) is 0 Å². The first kappa shape index (κ1) is 39.0. The molecule has 0 saturated heterocycles. The number of furan rings is 2. The van der Waals surface area contributed by atoms with Crippen LogP contribution in [0.1, 0.15) is 131 Å². The van der Waals surface area contributed by atoms with E-state index in [2.05, 4.69) is 193 Å². The highest BCUT2D eigenvalue weighted by atomic mass is 28.3. The molecule has 0 spiro atoms.